The summed E-state index contributed by atoms with van der Waals surface area (Å²) in [6.07, 6.45) is 1.53. The molecule has 0 fully saturated rings. The monoisotopic (exact) mass is 424 g/mol. The summed E-state index contributed by atoms with van der Waals surface area (Å²) in [7, 11) is 1.56. The van der Waals surface area contributed by atoms with E-state index >= 15 is 0 Å². The van der Waals surface area contributed by atoms with Gasteiger partial charge < -0.3 is 9.47 Å². The number of rotatable bonds is 6. The molecular formula is C18H18BrClN2O3. The zero-order chi connectivity index (χ0) is 18.4. The summed E-state index contributed by atoms with van der Waals surface area (Å²) in [6.45, 7) is 3.87. The second-order valence-corrected chi connectivity index (χ2v) is 6.64. The molecule has 1 amide bonds. The number of methoxy groups -OCH3 is 1. The number of carbonyl (C=O) groups is 1. The molecule has 0 aliphatic carbocycles. The standard InChI is InChI=1S/C18H18BrClN2O3/c1-11(2)25-17-14(19)8-12(9-16(17)24-3)10-21-22-18(23)13-6-4-5-7-15(13)20/h4-11H,1-3H3,(H,22,23)/b21-10-. The van der Waals surface area contributed by atoms with Crippen LogP contribution in [0.15, 0.2) is 46.0 Å². The number of carbonyl (C=O) groups excluding carboxylic acids is 1. The van der Waals surface area contributed by atoms with Crippen molar-refractivity contribution < 1.29 is 14.3 Å². The molecular weight excluding hydrogens is 408 g/mol. The molecule has 0 unspecified atom stereocenters. The number of ether oxygens (including phenoxy) is 2. The number of benzene rings is 2. The normalized spacial score (nSPS) is 11.0. The number of amides is 1. The Kier molecular flexibility index (Phi) is 6.84. The first-order valence-corrected chi connectivity index (χ1v) is 8.71. The fourth-order valence-electron chi connectivity index (χ4n) is 2.04. The third-order valence-corrected chi connectivity index (χ3v) is 4.02. The summed E-state index contributed by atoms with van der Waals surface area (Å²) >= 11 is 9.45. The Hall–Kier alpha value is -2.05. The smallest absolute Gasteiger partial charge is 0.272 e. The van der Waals surface area contributed by atoms with Gasteiger partial charge in [-0.25, -0.2) is 5.43 Å². The summed E-state index contributed by atoms with van der Waals surface area (Å²) in [5.74, 6) is 0.810. The van der Waals surface area contributed by atoms with E-state index < -0.39 is 0 Å². The molecule has 7 heteroatoms. The Morgan fingerprint density at radius 3 is 2.68 bits per heavy atom. The average Bonchev–Trinajstić information content (AvgIpc) is 2.57. The zero-order valence-electron chi connectivity index (χ0n) is 14.0. The van der Waals surface area contributed by atoms with Crippen molar-refractivity contribution in [3.05, 3.63) is 57.0 Å². The molecule has 0 spiro atoms. The van der Waals surface area contributed by atoms with Crippen LogP contribution in [0.2, 0.25) is 5.02 Å². The van der Waals surface area contributed by atoms with Crippen molar-refractivity contribution in [3.8, 4) is 11.5 Å². The highest BCUT2D eigenvalue weighted by Gasteiger charge is 2.13. The average molecular weight is 426 g/mol. The molecule has 0 aliphatic heterocycles. The first-order chi connectivity index (χ1) is 11.9. The molecule has 0 aromatic heterocycles. The molecule has 0 bridgehead atoms. The van der Waals surface area contributed by atoms with Gasteiger partial charge in [-0.15, -0.1) is 0 Å². The molecule has 132 valence electrons. The van der Waals surface area contributed by atoms with Crippen molar-refractivity contribution in [2.75, 3.05) is 7.11 Å². The van der Waals surface area contributed by atoms with Crippen molar-refractivity contribution in [1.29, 1.82) is 0 Å². The minimum Gasteiger partial charge on any atom is -0.493 e. The number of nitrogens with one attached hydrogen (secondary N) is 1. The lowest BCUT2D eigenvalue weighted by Gasteiger charge is -2.15. The lowest BCUT2D eigenvalue weighted by molar-refractivity contribution is 0.0955. The van der Waals surface area contributed by atoms with E-state index in [0.29, 0.717) is 22.1 Å². The number of nitrogens with zero attached hydrogens (tertiary/aromatic N) is 1. The van der Waals surface area contributed by atoms with Gasteiger partial charge in [0.2, 0.25) is 0 Å². The van der Waals surface area contributed by atoms with Crippen LogP contribution in [0.4, 0.5) is 0 Å². The fourth-order valence-corrected chi connectivity index (χ4v) is 2.81. The van der Waals surface area contributed by atoms with Crippen LogP contribution in [0, 0.1) is 0 Å². The Bertz CT molecular complexity index is 794. The topological polar surface area (TPSA) is 59.9 Å². The molecule has 0 saturated carbocycles. The predicted octanol–water partition coefficient (Wildman–Crippen LogP) is 4.66. The van der Waals surface area contributed by atoms with Gasteiger partial charge in [-0.1, -0.05) is 23.7 Å². The van der Waals surface area contributed by atoms with Gasteiger partial charge in [-0.05, 0) is 59.6 Å². The molecule has 2 rings (SSSR count). The second kappa shape index (κ2) is 8.87. The molecule has 0 heterocycles. The third-order valence-electron chi connectivity index (χ3n) is 3.10. The van der Waals surface area contributed by atoms with Gasteiger partial charge in [0.15, 0.2) is 11.5 Å². The van der Waals surface area contributed by atoms with Crippen LogP contribution >= 0.6 is 27.5 Å². The Balaban J connectivity index is 2.14. The SMILES string of the molecule is COc1cc(/C=N\NC(=O)c2ccccc2Cl)cc(Br)c1OC(C)C. The summed E-state index contributed by atoms with van der Waals surface area (Å²) in [4.78, 5) is 12.1. The Morgan fingerprint density at radius 1 is 1.32 bits per heavy atom. The molecule has 0 radical (unpaired) electrons. The maximum Gasteiger partial charge on any atom is 0.272 e. The van der Waals surface area contributed by atoms with E-state index in [0.717, 1.165) is 10.0 Å². The van der Waals surface area contributed by atoms with Crippen molar-refractivity contribution in [2.24, 2.45) is 5.10 Å². The Morgan fingerprint density at radius 2 is 2.04 bits per heavy atom. The van der Waals surface area contributed by atoms with Crippen LogP contribution < -0.4 is 14.9 Å². The lowest BCUT2D eigenvalue weighted by atomic mass is 10.2. The lowest BCUT2D eigenvalue weighted by Crippen LogP contribution is -2.18. The first kappa shape index (κ1) is 19.3. The number of hydrogen-bond acceptors (Lipinski definition) is 4. The molecule has 1 N–H and O–H groups in total. The molecule has 0 atom stereocenters. The zero-order valence-corrected chi connectivity index (χ0v) is 16.4. The van der Waals surface area contributed by atoms with E-state index in [4.69, 9.17) is 21.1 Å². The highest BCUT2D eigenvalue weighted by Crippen LogP contribution is 2.36. The van der Waals surface area contributed by atoms with E-state index in [9.17, 15) is 4.79 Å². The molecule has 5 nitrogen and oxygen atoms in total. The fraction of sp³-hybridized carbons (Fsp3) is 0.222. The molecule has 25 heavy (non-hydrogen) atoms. The van der Waals surface area contributed by atoms with Gasteiger partial charge in [-0.2, -0.15) is 5.10 Å². The molecule has 0 saturated heterocycles. The van der Waals surface area contributed by atoms with Crippen LogP contribution in [0.25, 0.3) is 0 Å². The van der Waals surface area contributed by atoms with Gasteiger partial charge in [-0.3, -0.25) is 4.79 Å². The summed E-state index contributed by atoms with van der Waals surface area (Å²) in [5, 5.41) is 4.34. The molecule has 2 aromatic rings. The van der Waals surface area contributed by atoms with Crippen molar-refractivity contribution in [1.82, 2.24) is 5.43 Å². The van der Waals surface area contributed by atoms with Crippen LogP contribution in [-0.4, -0.2) is 25.3 Å². The van der Waals surface area contributed by atoms with Crippen LogP contribution in [-0.2, 0) is 0 Å². The van der Waals surface area contributed by atoms with Crippen LogP contribution in [0.1, 0.15) is 29.8 Å². The Labute approximate surface area is 160 Å². The summed E-state index contributed by atoms with van der Waals surface area (Å²) < 4.78 is 11.8. The largest absolute Gasteiger partial charge is 0.493 e. The number of halogens is 2. The summed E-state index contributed by atoms with van der Waals surface area (Å²) in [5.41, 5.74) is 3.55. The van der Waals surface area contributed by atoms with E-state index in [1.807, 2.05) is 19.9 Å². The van der Waals surface area contributed by atoms with Gasteiger partial charge in [0.1, 0.15) is 0 Å². The van der Waals surface area contributed by atoms with E-state index in [-0.39, 0.29) is 12.0 Å². The maximum absolute atomic E-state index is 12.1. The van der Waals surface area contributed by atoms with Crippen LogP contribution in [0.5, 0.6) is 11.5 Å². The summed E-state index contributed by atoms with van der Waals surface area (Å²) in [6, 6.07) is 10.4. The highest BCUT2D eigenvalue weighted by molar-refractivity contribution is 9.10. The first-order valence-electron chi connectivity index (χ1n) is 7.54. The van der Waals surface area contributed by atoms with Crippen molar-refractivity contribution in [2.45, 2.75) is 20.0 Å². The van der Waals surface area contributed by atoms with Gasteiger partial charge in [0, 0.05) is 0 Å². The van der Waals surface area contributed by atoms with Gasteiger partial charge >= 0.3 is 0 Å². The van der Waals surface area contributed by atoms with Crippen LogP contribution in [0.3, 0.4) is 0 Å². The third kappa shape index (κ3) is 5.21. The highest BCUT2D eigenvalue weighted by atomic mass is 79.9. The number of hydrazone groups is 1. The minimum absolute atomic E-state index is 0.0135. The van der Waals surface area contributed by atoms with Crippen molar-refractivity contribution in [3.63, 3.8) is 0 Å². The maximum atomic E-state index is 12.1. The van der Waals surface area contributed by atoms with E-state index in [1.54, 1.807) is 37.4 Å². The van der Waals surface area contributed by atoms with Gasteiger partial charge in [0.25, 0.3) is 5.91 Å². The predicted molar refractivity (Wildman–Crippen MR) is 103 cm³/mol. The second-order valence-electron chi connectivity index (χ2n) is 5.38. The van der Waals surface area contributed by atoms with Gasteiger partial charge in [0.05, 0.1) is 34.5 Å². The van der Waals surface area contributed by atoms with E-state index in [2.05, 4.69) is 26.5 Å². The number of hydrogen-bond donors (Lipinski definition) is 1. The molecule has 2 aromatic carbocycles. The van der Waals surface area contributed by atoms with Crippen molar-refractivity contribution >= 4 is 39.7 Å². The minimum atomic E-state index is -0.382. The quantitative estimate of drug-likeness (QED) is 0.541. The molecule has 0 aliphatic rings. The van der Waals surface area contributed by atoms with E-state index in [1.165, 1.54) is 6.21 Å².